The number of ether oxygens (including phenoxy) is 5. The number of hydrogen-bond acceptors (Lipinski definition) is 18. The molecule has 1 aromatic carbocycles. The number of hydrogen-bond donors (Lipinski definition) is 6. The molecule has 21 nitrogen and oxygen atoms in total. The Balaban J connectivity index is 1.05. The average Bonchev–Trinajstić information content (AvgIpc) is 1.49. The summed E-state index contributed by atoms with van der Waals surface area (Å²) in [6.45, 7) is 13.7. The van der Waals surface area contributed by atoms with Gasteiger partial charge in [0.25, 0.3) is 11.7 Å². The zero-order valence-corrected chi connectivity index (χ0v) is 56.4. The number of aliphatic hydroxyl groups is 3. The lowest BCUT2D eigenvalue weighted by atomic mass is 9.78. The number of carbonyl (C=O) groups excluding carboxylic acids is 6. The van der Waals surface area contributed by atoms with Crippen LogP contribution in [0.4, 0.5) is 5.82 Å². The number of piperidine rings is 2. The van der Waals surface area contributed by atoms with Gasteiger partial charge in [0, 0.05) is 82.3 Å². The highest BCUT2D eigenvalue weighted by Crippen LogP contribution is 2.39. The highest BCUT2D eigenvalue weighted by Gasteiger charge is 2.53. The van der Waals surface area contributed by atoms with E-state index in [4.69, 9.17) is 41.0 Å². The summed E-state index contributed by atoms with van der Waals surface area (Å²) in [6, 6.07) is 7.38. The van der Waals surface area contributed by atoms with Gasteiger partial charge in [-0.05, 0) is 150 Å². The van der Waals surface area contributed by atoms with Crippen molar-refractivity contribution >= 4 is 63.6 Å². The van der Waals surface area contributed by atoms with Crippen LogP contribution in [0, 0.1) is 35.5 Å². The van der Waals surface area contributed by atoms with Crippen molar-refractivity contribution in [2.75, 3.05) is 45.4 Å². The van der Waals surface area contributed by atoms with Gasteiger partial charge in [0.1, 0.15) is 47.9 Å². The molecule has 0 radical (unpaired) electrons. The Morgan fingerprint density at radius 3 is 2.35 bits per heavy atom. The first-order valence-electron chi connectivity index (χ1n) is 33.5. The molecular formula is C71H100ClN7O14. The Morgan fingerprint density at radius 2 is 1.63 bits per heavy atom. The van der Waals surface area contributed by atoms with Crippen LogP contribution >= 0.6 is 11.6 Å². The molecule has 1 aliphatic carbocycles. The predicted molar refractivity (Wildman–Crippen MR) is 353 cm³/mol. The smallest absolute Gasteiger partial charge is 0.329 e. The van der Waals surface area contributed by atoms with Crippen LogP contribution < -0.4 is 16.0 Å². The lowest BCUT2D eigenvalue weighted by Crippen LogP contribution is -2.61. The van der Waals surface area contributed by atoms with Crippen molar-refractivity contribution < 1.29 is 67.8 Å². The second kappa shape index (κ2) is 33.1. The highest BCUT2D eigenvalue weighted by atomic mass is 35.5. The minimum Gasteiger partial charge on any atom is -0.460 e. The van der Waals surface area contributed by atoms with E-state index in [2.05, 4.69) is 25.2 Å². The van der Waals surface area contributed by atoms with Gasteiger partial charge in [0.2, 0.25) is 11.7 Å². The van der Waals surface area contributed by atoms with E-state index >= 15 is 0 Å². The summed E-state index contributed by atoms with van der Waals surface area (Å²) in [5.74, 6) is -8.28. The fourth-order valence-electron chi connectivity index (χ4n) is 14.1. The van der Waals surface area contributed by atoms with E-state index in [0.717, 1.165) is 28.0 Å². The maximum Gasteiger partial charge on any atom is 0.329 e. The molecule has 510 valence electrons. The molecule has 8 rings (SSSR count). The number of esters is 1. The van der Waals surface area contributed by atoms with Crippen LogP contribution in [0.5, 0.6) is 0 Å². The average molecular weight is 1310 g/mol. The molecule has 3 aromatic rings. The Morgan fingerprint density at radius 1 is 0.892 bits per heavy atom. The molecule has 16 atom stereocenters. The molecule has 6 heterocycles. The van der Waals surface area contributed by atoms with E-state index in [1.807, 2.05) is 75.5 Å². The molecule has 22 heteroatoms. The van der Waals surface area contributed by atoms with Crippen molar-refractivity contribution in [3.05, 3.63) is 101 Å². The number of methoxy groups -OCH3 is 2. The first kappa shape index (κ1) is 72.8. The maximum absolute atomic E-state index is 14.8. The molecule has 7 N–H and O–H groups in total. The number of H-pyrrole nitrogens is 1. The fourth-order valence-corrected chi connectivity index (χ4v) is 14.3. The van der Waals surface area contributed by atoms with E-state index in [1.54, 1.807) is 53.0 Å². The number of carbonyl (C=O) groups is 6. The standard InChI is InChI=1S/C71H100ClN7O14/c1-42-15-11-10-12-16-43(2)58(91-34-27-54(50-20-22-51(72)23-21-50)77-69(87)70(73)28-32-78(33-29-70)66-53-26-30-74-65(53)75-41-76-66)39-52-24-18-48(7)71(88,93-52)64(84)67(85)79-31-14-13-17-55(79)68(86)92-59(45(4)37-49-19-25-56(80)60(38-49)89-8)40-57(81)44(3)36-47(6)62(83)63(90-9)61(82)46(5)35-42/h10-12,15-16,20-23,26,30,36,41-42,44-46,48-49,52,54-56,58-60,62-63,80,83,88H,13-14,17-19,24-25,27-29,31-35,37-40,73H2,1-9H3,(H,77,87)(H,74,75,76)/b12-10+,15-11+,43-16-,47-36+/t42-,44-,45?,46-,48-,49-,52+,54+,55?,56-,58-,59+,60-,62-,63+,71-/m1/s1. The number of aromatic nitrogens is 3. The number of amides is 2. The number of nitrogens with zero attached hydrogens (tertiary/aromatic N) is 4. The number of cyclic esters (lactones) is 1. The third kappa shape index (κ3) is 18.3. The van der Waals surface area contributed by atoms with Crippen molar-refractivity contribution in [2.24, 2.45) is 41.2 Å². The largest absolute Gasteiger partial charge is 0.460 e. The maximum atomic E-state index is 14.8. The van der Waals surface area contributed by atoms with Gasteiger partial charge < -0.3 is 64.8 Å². The first-order chi connectivity index (χ1) is 44.3. The van der Waals surface area contributed by atoms with Gasteiger partial charge in [-0.1, -0.05) is 94.8 Å². The number of allylic oxidation sites excluding steroid dienone is 6. The molecule has 3 saturated heterocycles. The zero-order valence-electron chi connectivity index (χ0n) is 55.7. The van der Waals surface area contributed by atoms with Crippen LogP contribution in [0.25, 0.3) is 11.0 Å². The normalized spacial score (nSPS) is 33.7. The minimum atomic E-state index is -2.57. The number of rotatable bonds is 13. The van der Waals surface area contributed by atoms with Gasteiger partial charge in [-0.2, -0.15) is 0 Å². The summed E-state index contributed by atoms with van der Waals surface area (Å²) >= 11 is 6.38. The zero-order chi connectivity index (χ0) is 67.3. The third-order valence-corrected chi connectivity index (χ3v) is 20.5. The molecule has 93 heavy (non-hydrogen) atoms. The van der Waals surface area contributed by atoms with Crippen molar-refractivity contribution in [2.45, 2.75) is 211 Å². The molecule has 0 spiro atoms. The van der Waals surface area contributed by atoms with Crippen molar-refractivity contribution in [1.29, 1.82) is 0 Å². The number of aliphatic hydroxyl groups excluding tert-OH is 2. The van der Waals surface area contributed by atoms with Crippen LogP contribution in [0.3, 0.4) is 0 Å². The third-order valence-electron chi connectivity index (χ3n) is 20.2. The SMILES string of the molecule is CO[C@@H]1C[C@@H](CC(C)[C@@H]2CC(=O)[C@H](C)/C=C(\C)[C@@H](O)[C@@H](OC)C(=O)[C@H](C)C[C@H](C)/C=C/C=C/C=C(/C)[C@H](OCC[C@H](NC(=O)C3(N)CCN(c4ncnc5[nH]ccc45)CC3)c3ccc(Cl)cc3)C[C@@H]3CC[C@@H](C)[C@@](O)(O3)C(=O)C(=O)N3CCCCC3C(=O)O2)CC[C@H]1O. The number of nitrogens with one attached hydrogen (secondary N) is 2. The molecule has 5 aliphatic rings. The lowest BCUT2D eigenvalue weighted by molar-refractivity contribution is -0.266. The van der Waals surface area contributed by atoms with Crippen LogP contribution in [-0.2, 0) is 52.5 Å². The van der Waals surface area contributed by atoms with Crippen molar-refractivity contribution in [3.63, 3.8) is 0 Å². The molecule has 4 fully saturated rings. The Bertz CT molecular complexity index is 3180. The van der Waals surface area contributed by atoms with E-state index in [9.17, 15) is 44.1 Å². The fraction of sp³-hybridized carbons (Fsp3) is 0.634. The number of halogens is 1. The van der Waals surface area contributed by atoms with Gasteiger partial charge in [0.05, 0.1) is 41.4 Å². The van der Waals surface area contributed by atoms with Gasteiger partial charge in [-0.25, -0.2) is 14.8 Å². The van der Waals surface area contributed by atoms with Gasteiger partial charge in [0.15, 0.2) is 5.78 Å². The van der Waals surface area contributed by atoms with E-state index in [-0.39, 0.29) is 73.7 Å². The number of aromatic amines is 1. The van der Waals surface area contributed by atoms with Gasteiger partial charge in [-0.3, -0.25) is 24.0 Å². The summed E-state index contributed by atoms with van der Waals surface area (Å²) in [5, 5.41) is 39.4. The predicted octanol–water partition coefficient (Wildman–Crippen LogP) is 8.72. The quantitative estimate of drug-likeness (QED) is 0.0529. The first-order valence-corrected chi connectivity index (χ1v) is 33.9. The summed E-state index contributed by atoms with van der Waals surface area (Å²) in [5.41, 5.74) is 8.42. The molecule has 4 aliphatic heterocycles. The van der Waals surface area contributed by atoms with E-state index in [1.165, 1.54) is 18.3 Å². The second-order valence-electron chi connectivity index (χ2n) is 27.2. The molecule has 1 saturated carbocycles. The van der Waals surface area contributed by atoms with Gasteiger partial charge in [-0.15, -0.1) is 0 Å². The van der Waals surface area contributed by atoms with Crippen LogP contribution in [0.1, 0.15) is 156 Å². The summed E-state index contributed by atoms with van der Waals surface area (Å²) in [7, 11) is 2.93. The van der Waals surface area contributed by atoms with E-state index < -0.39 is 95.4 Å². The van der Waals surface area contributed by atoms with Crippen molar-refractivity contribution in [1.82, 2.24) is 25.2 Å². The molecule has 2 unspecified atom stereocenters. The number of Topliss-reactive ketones (excluding diaryl/α,β-unsaturated/α-hetero) is 3. The number of anilines is 1. The second-order valence-corrected chi connectivity index (χ2v) is 27.6. The van der Waals surface area contributed by atoms with Crippen LogP contribution in [0.2, 0.25) is 5.02 Å². The Kier molecular flexibility index (Phi) is 25.9. The van der Waals surface area contributed by atoms with E-state index in [0.29, 0.717) is 101 Å². The van der Waals surface area contributed by atoms with Crippen LogP contribution in [-0.4, -0.2) is 171 Å². The monoisotopic (exact) mass is 1310 g/mol. The Labute approximate surface area is 552 Å². The molecular weight excluding hydrogens is 1210 g/mol. The molecule has 2 amide bonds. The van der Waals surface area contributed by atoms with Crippen LogP contribution in [0.15, 0.2) is 90.5 Å². The lowest BCUT2D eigenvalue weighted by Gasteiger charge is -2.43. The molecule has 2 bridgehead atoms. The Hall–Kier alpha value is -6.01. The number of nitrogens with two attached hydrogens (primary N) is 1. The minimum absolute atomic E-state index is 0.0266. The number of ketones is 3. The van der Waals surface area contributed by atoms with Gasteiger partial charge >= 0.3 is 5.97 Å². The van der Waals surface area contributed by atoms with Crippen molar-refractivity contribution in [3.8, 4) is 0 Å². The molecule has 2 aromatic heterocycles. The summed E-state index contributed by atoms with van der Waals surface area (Å²) in [4.78, 5) is 102. The highest BCUT2D eigenvalue weighted by molar-refractivity contribution is 6.39. The summed E-state index contributed by atoms with van der Waals surface area (Å²) < 4.78 is 30.9. The number of fused-ring (bicyclic) bond motifs is 4. The number of benzene rings is 1. The topological polar surface area (TPSA) is 295 Å². The summed E-state index contributed by atoms with van der Waals surface area (Å²) in [6.07, 6.45) is 14.0.